The third-order valence-electron chi connectivity index (χ3n) is 4.14. The van der Waals surface area contributed by atoms with E-state index >= 15 is 0 Å². The first-order chi connectivity index (χ1) is 13.0. The molecule has 0 aliphatic heterocycles. The van der Waals surface area contributed by atoms with Crippen molar-refractivity contribution in [3.63, 3.8) is 0 Å². The first-order valence-corrected chi connectivity index (χ1v) is 9.03. The Hall–Kier alpha value is -3.02. The SMILES string of the molecule is COc1ccc(CCCNC(=O)N[C@H](C)c2cccc(NC(C)=O)c2)cc1. The van der Waals surface area contributed by atoms with Crippen molar-refractivity contribution in [2.45, 2.75) is 32.7 Å². The third kappa shape index (κ3) is 7.01. The molecule has 6 heteroatoms. The van der Waals surface area contributed by atoms with Crippen LogP contribution < -0.4 is 20.7 Å². The van der Waals surface area contributed by atoms with E-state index in [1.807, 2.05) is 55.5 Å². The van der Waals surface area contributed by atoms with Gasteiger partial charge in [-0.15, -0.1) is 0 Å². The highest BCUT2D eigenvalue weighted by atomic mass is 16.5. The molecule has 0 fully saturated rings. The number of benzene rings is 2. The molecular formula is C21H27N3O3. The Morgan fingerprint density at radius 2 is 1.85 bits per heavy atom. The number of methoxy groups -OCH3 is 1. The lowest BCUT2D eigenvalue weighted by molar-refractivity contribution is -0.114. The van der Waals surface area contributed by atoms with Gasteiger partial charge in [0, 0.05) is 19.2 Å². The first-order valence-electron chi connectivity index (χ1n) is 9.03. The van der Waals surface area contributed by atoms with E-state index in [0.717, 1.165) is 24.2 Å². The van der Waals surface area contributed by atoms with E-state index < -0.39 is 0 Å². The van der Waals surface area contributed by atoms with Gasteiger partial charge in [-0.05, 0) is 55.2 Å². The second kappa shape index (κ2) is 10.2. The molecule has 6 nitrogen and oxygen atoms in total. The summed E-state index contributed by atoms with van der Waals surface area (Å²) >= 11 is 0. The quantitative estimate of drug-likeness (QED) is 0.622. The molecule has 3 N–H and O–H groups in total. The van der Waals surface area contributed by atoms with Crippen LogP contribution in [0.5, 0.6) is 5.75 Å². The number of urea groups is 1. The molecule has 3 amide bonds. The van der Waals surface area contributed by atoms with Gasteiger partial charge < -0.3 is 20.7 Å². The average Bonchev–Trinajstić information content (AvgIpc) is 2.65. The molecule has 0 aliphatic rings. The van der Waals surface area contributed by atoms with E-state index in [1.165, 1.54) is 12.5 Å². The maximum atomic E-state index is 12.1. The van der Waals surface area contributed by atoms with Gasteiger partial charge in [-0.1, -0.05) is 24.3 Å². The molecule has 0 spiro atoms. The summed E-state index contributed by atoms with van der Waals surface area (Å²) < 4.78 is 5.14. The number of nitrogens with one attached hydrogen (secondary N) is 3. The maximum Gasteiger partial charge on any atom is 0.315 e. The van der Waals surface area contributed by atoms with Crippen LogP contribution in [0.25, 0.3) is 0 Å². The molecule has 1 atom stereocenters. The number of rotatable bonds is 8. The predicted molar refractivity (Wildman–Crippen MR) is 107 cm³/mol. The van der Waals surface area contributed by atoms with Crippen molar-refractivity contribution in [1.29, 1.82) is 0 Å². The van der Waals surface area contributed by atoms with Crippen LogP contribution in [0.3, 0.4) is 0 Å². The molecule has 2 rings (SSSR count). The van der Waals surface area contributed by atoms with Gasteiger partial charge in [-0.2, -0.15) is 0 Å². The van der Waals surface area contributed by atoms with Gasteiger partial charge in [0.05, 0.1) is 13.2 Å². The van der Waals surface area contributed by atoms with Crippen LogP contribution in [0.4, 0.5) is 10.5 Å². The second-order valence-corrected chi connectivity index (χ2v) is 6.38. The second-order valence-electron chi connectivity index (χ2n) is 6.38. The number of hydrogen-bond acceptors (Lipinski definition) is 3. The molecule has 0 radical (unpaired) electrons. The van der Waals surface area contributed by atoms with Gasteiger partial charge in [-0.3, -0.25) is 4.79 Å². The summed E-state index contributed by atoms with van der Waals surface area (Å²) in [6, 6.07) is 15.0. The van der Waals surface area contributed by atoms with Crippen LogP contribution in [0.1, 0.15) is 37.4 Å². The van der Waals surface area contributed by atoms with Gasteiger partial charge in [0.1, 0.15) is 5.75 Å². The third-order valence-corrected chi connectivity index (χ3v) is 4.14. The molecule has 0 saturated heterocycles. The van der Waals surface area contributed by atoms with Crippen molar-refractivity contribution in [2.24, 2.45) is 0 Å². The molecule has 144 valence electrons. The highest BCUT2D eigenvalue weighted by molar-refractivity contribution is 5.88. The van der Waals surface area contributed by atoms with E-state index in [4.69, 9.17) is 4.74 Å². The minimum Gasteiger partial charge on any atom is -0.497 e. The van der Waals surface area contributed by atoms with Crippen molar-refractivity contribution in [3.8, 4) is 5.75 Å². The molecular weight excluding hydrogens is 342 g/mol. The number of aryl methyl sites for hydroxylation is 1. The van der Waals surface area contributed by atoms with Crippen molar-refractivity contribution < 1.29 is 14.3 Å². The van der Waals surface area contributed by atoms with Crippen molar-refractivity contribution in [2.75, 3.05) is 19.0 Å². The predicted octanol–water partition coefficient (Wildman–Crippen LogP) is 3.65. The molecule has 27 heavy (non-hydrogen) atoms. The fraction of sp³-hybridized carbons (Fsp3) is 0.333. The summed E-state index contributed by atoms with van der Waals surface area (Å²) in [5.74, 6) is 0.718. The lowest BCUT2D eigenvalue weighted by Crippen LogP contribution is -2.37. The lowest BCUT2D eigenvalue weighted by Gasteiger charge is -2.16. The van der Waals surface area contributed by atoms with Crippen LogP contribution in [0.15, 0.2) is 48.5 Å². The zero-order chi connectivity index (χ0) is 19.6. The zero-order valence-electron chi connectivity index (χ0n) is 16.0. The van der Waals surface area contributed by atoms with Gasteiger partial charge in [0.2, 0.25) is 5.91 Å². The summed E-state index contributed by atoms with van der Waals surface area (Å²) in [5.41, 5.74) is 2.85. The monoisotopic (exact) mass is 369 g/mol. The van der Waals surface area contributed by atoms with Crippen molar-refractivity contribution in [1.82, 2.24) is 10.6 Å². The Balaban J connectivity index is 1.73. The fourth-order valence-electron chi connectivity index (χ4n) is 2.71. The minimum atomic E-state index is -0.206. The summed E-state index contributed by atoms with van der Waals surface area (Å²) in [6.07, 6.45) is 1.74. The zero-order valence-corrected chi connectivity index (χ0v) is 16.0. The first kappa shape index (κ1) is 20.3. The highest BCUT2D eigenvalue weighted by Gasteiger charge is 2.10. The van der Waals surface area contributed by atoms with E-state index in [9.17, 15) is 9.59 Å². The normalized spacial score (nSPS) is 11.4. The van der Waals surface area contributed by atoms with Crippen LogP contribution >= 0.6 is 0 Å². The number of hydrogen-bond donors (Lipinski definition) is 3. The topological polar surface area (TPSA) is 79.5 Å². The Bertz CT molecular complexity index is 760. The minimum absolute atomic E-state index is 0.123. The summed E-state index contributed by atoms with van der Waals surface area (Å²) in [4.78, 5) is 23.2. The average molecular weight is 369 g/mol. The summed E-state index contributed by atoms with van der Waals surface area (Å²) in [6.45, 7) is 3.97. The number of carbonyl (C=O) groups excluding carboxylic acids is 2. The molecule has 2 aromatic rings. The molecule has 0 unspecified atom stereocenters. The number of amides is 3. The summed E-state index contributed by atoms with van der Waals surface area (Å²) in [7, 11) is 1.65. The van der Waals surface area contributed by atoms with Gasteiger partial charge in [0.15, 0.2) is 0 Å². The van der Waals surface area contributed by atoms with Gasteiger partial charge in [0.25, 0.3) is 0 Å². The van der Waals surface area contributed by atoms with E-state index in [-0.39, 0.29) is 18.0 Å². The molecule has 2 aromatic carbocycles. The van der Waals surface area contributed by atoms with E-state index in [2.05, 4.69) is 16.0 Å². The molecule has 0 aliphatic carbocycles. The van der Waals surface area contributed by atoms with Crippen LogP contribution in [0, 0.1) is 0 Å². The summed E-state index contributed by atoms with van der Waals surface area (Å²) in [5, 5.41) is 8.53. The maximum absolute atomic E-state index is 12.1. The lowest BCUT2D eigenvalue weighted by atomic mass is 10.1. The van der Waals surface area contributed by atoms with Crippen LogP contribution in [0.2, 0.25) is 0 Å². The van der Waals surface area contributed by atoms with Crippen LogP contribution in [-0.2, 0) is 11.2 Å². The van der Waals surface area contributed by atoms with E-state index in [1.54, 1.807) is 7.11 Å². The molecule has 0 bridgehead atoms. The van der Waals surface area contributed by atoms with Crippen molar-refractivity contribution >= 4 is 17.6 Å². The Kier molecular flexibility index (Phi) is 7.67. The van der Waals surface area contributed by atoms with E-state index in [0.29, 0.717) is 12.2 Å². The fourth-order valence-corrected chi connectivity index (χ4v) is 2.71. The van der Waals surface area contributed by atoms with Gasteiger partial charge >= 0.3 is 6.03 Å². The molecule has 0 saturated carbocycles. The molecule has 0 heterocycles. The number of anilines is 1. The Labute approximate surface area is 160 Å². The Morgan fingerprint density at radius 3 is 2.52 bits per heavy atom. The molecule has 0 aromatic heterocycles. The largest absolute Gasteiger partial charge is 0.497 e. The number of ether oxygens (including phenoxy) is 1. The van der Waals surface area contributed by atoms with Crippen molar-refractivity contribution in [3.05, 3.63) is 59.7 Å². The standard InChI is InChI=1S/C21H27N3O3/c1-15(18-7-4-8-19(14-18)24-16(2)25)23-21(26)22-13-5-6-17-9-11-20(27-3)12-10-17/h4,7-12,14-15H,5-6,13H2,1-3H3,(H,24,25)(H2,22,23,26)/t15-/m1/s1. The highest BCUT2D eigenvalue weighted by Crippen LogP contribution is 2.17. The van der Waals surface area contributed by atoms with Crippen LogP contribution in [-0.4, -0.2) is 25.6 Å². The smallest absolute Gasteiger partial charge is 0.315 e. The number of carbonyl (C=O) groups is 2. The van der Waals surface area contributed by atoms with Gasteiger partial charge in [-0.25, -0.2) is 4.79 Å². The Morgan fingerprint density at radius 1 is 1.11 bits per heavy atom.